The van der Waals surface area contributed by atoms with E-state index in [1.807, 2.05) is 0 Å². The van der Waals surface area contributed by atoms with Crippen molar-refractivity contribution in [2.75, 3.05) is 13.7 Å². The Kier molecular flexibility index (Phi) is 8.08. The van der Waals surface area contributed by atoms with Crippen molar-refractivity contribution in [1.82, 2.24) is 0 Å². The van der Waals surface area contributed by atoms with Gasteiger partial charge in [-0.3, -0.25) is 14.4 Å². The zero-order chi connectivity index (χ0) is 28.4. The van der Waals surface area contributed by atoms with E-state index in [9.17, 15) is 39.9 Å². The molecule has 0 aromatic carbocycles. The lowest BCUT2D eigenvalue weighted by molar-refractivity contribution is -0.279. The molecule has 15 atom stereocenters. The summed E-state index contributed by atoms with van der Waals surface area (Å²) >= 11 is 0. The van der Waals surface area contributed by atoms with E-state index in [1.54, 1.807) is 6.92 Å². The van der Waals surface area contributed by atoms with Crippen LogP contribution in [0.25, 0.3) is 0 Å². The molecule has 5 rings (SSSR count). The molecule has 7 N–H and O–H groups in total. The van der Waals surface area contributed by atoms with Crippen LogP contribution in [0.3, 0.4) is 0 Å². The average molecular weight is 556 g/mol. The summed E-state index contributed by atoms with van der Waals surface area (Å²) in [6, 6.07) is -0.672. The van der Waals surface area contributed by atoms with Crippen molar-refractivity contribution in [3.63, 3.8) is 0 Å². The fourth-order valence-electron chi connectivity index (χ4n) is 8.27. The minimum atomic E-state index is -2.09. The maximum atomic E-state index is 13.9. The highest BCUT2D eigenvalue weighted by atomic mass is 16.7. The highest BCUT2D eigenvalue weighted by Gasteiger charge is 2.66. The molecule has 5 fully saturated rings. The Balaban J connectivity index is 1.50. The van der Waals surface area contributed by atoms with Crippen molar-refractivity contribution in [3.05, 3.63) is 0 Å². The first-order valence-electron chi connectivity index (χ1n) is 14.0. The Morgan fingerprint density at radius 1 is 1.03 bits per heavy atom. The molecule has 39 heavy (non-hydrogen) atoms. The molecule has 4 saturated carbocycles. The molecule has 0 amide bonds. The Labute approximate surface area is 226 Å². The van der Waals surface area contributed by atoms with Crippen LogP contribution in [0.2, 0.25) is 0 Å². The summed E-state index contributed by atoms with van der Waals surface area (Å²) in [5.41, 5.74) is 3.96. The Morgan fingerprint density at radius 2 is 1.72 bits per heavy atom. The quantitative estimate of drug-likeness (QED) is 0.219. The van der Waals surface area contributed by atoms with Gasteiger partial charge in [-0.1, -0.05) is 6.42 Å². The number of rotatable bonds is 5. The van der Waals surface area contributed by atoms with Crippen molar-refractivity contribution in [2.24, 2.45) is 41.2 Å². The molecule has 12 heteroatoms. The molecule has 4 aliphatic carbocycles. The van der Waals surface area contributed by atoms with Gasteiger partial charge in [-0.25, -0.2) is 0 Å². The monoisotopic (exact) mass is 555 g/mol. The summed E-state index contributed by atoms with van der Waals surface area (Å²) in [7, 11) is 1.50. The summed E-state index contributed by atoms with van der Waals surface area (Å²) in [5, 5.41) is 54.4. The average Bonchev–Trinajstić information content (AvgIpc) is 2.90. The zero-order valence-electron chi connectivity index (χ0n) is 22.3. The van der Waals surface area contributed by atoms with E-state index in [0.717, 1.165) is 0 Å². The summed E-state index contributed by atoms with van der Waals surface area (Å²) in [5.74, 6) is -7.11. The van der Waals surface area contributed by atoms with Gasteiger partial charge in [0.25, 0.3) is 0 Å². The molecule has 5 aliphatic rings. The summed E-state index contributed by atoms with van der Waals surface area (Å²) in [6.45, 7) is 0.678. The molecule has 0 bridgehead atoms. The minimum absolute atomic E-state index is 0.0904. The second kappa shape index (κ2) is 10.8. The van der Waals surface area contributed by atoms with Crippen LogP contribution in [-0.2, 0) is 28.6 Å². The molecule has 12 nitrogen and oxygen atoms in total. The number of aliphatic hydroxyl groups is 5. The summed E-state index contributed by atoms with van der Waals surface area (Å²) in [6.07, 6.45) is -5.68. The number of ketones is 3. The van der Waals surface area contributed by atoms with Crippen molar-refractivity contribution in [3.8, 4) is 0 Å². The van der Waals surface area contributed by atoms with Gasteiger partial charge in [-0.15, -0.1) is 0 Å². The highest BCUT2D eigenvalue weighted by Crippen LogP contribution is 2.55. The number of aliphatic hydroxyl groups excluding tert-OH is 4. The number of hydrogen-bond acceptors (Lipinski definition) is 12. The minimum Gasteiger partial charge on any atom is -0.392 e. The first-order chi connectivity index (χ1) is 18.4. The summed E-state index contributed by atoms with van der Waals surface area (Å²) in [4.78, 5) is 40.3. The van der Waals surface area contributed by atoms with Gasteiger partial charge < -0.3 is 45.5 Å². The fourth-order valence-corrected chi connectivity index (χ4v) is 8.27. The first-order valence-corrected chi connectivity index (χ1v) is 14.0. The largest absolute Gasteiger partial charge is 0.392 e. The smallest absolute Gasteiger partial charge is 0.189 e. The van der Waals surface area contributed by atoms with Crippen molar-refractivity contribution in [2.45, 2.75) is 100 Å². The maximum Gasteiger partial charge on any atom is 0.189 e. The van der Waals surface area contributed by atoms with E-state index < -0.39 is 102 Å². The van der Waals surface area contributed by atoms with Crippen LogP contribution in [0.5, 0.6) is 0 Å². The van der Waals surface area contributed by atoms with Crippen LogP contribution in [0, 0.1) is 35.5 Å². The van der Waals surface area contributed by atoms with Crippen LogP contribution in [0.4, 0.5) is 0 Å². The van der Waals surface area contributed by atoms with E-state index >= 15 is 0 Å². The van der Waals surface area contributed by atoms with Gasteiger partial charge in [-0.05, 0) is 32.1 Å². The van der Waals surface area contributed by atoms with Crippen molar-refractivity contribution >= 4 is 17.3 Å². The predicted molar refractivity (Wildman–Crippen MR) is 132 cm³/mol. The molecule has 0 radical (unpaired) electrons. The molecule has 1 aliphatic heterocycles. The molecule has 13 unspecified atom stereocenters. The van der Waals surface area contributed by atoms with Gasteiger partial charge in [0, 0.05) is 37.8 Å². The van der Waals surface area contributed by atoms with Crippen LogP contribution in [-0.4, -0.2) is 111 Å². The second-order valence-corrected chi connectivity index (χ2v) is 12.3. The molecule has 0 aromatic heterocycles. The molecule has 1 saturated heterocycles. The van der Waals surface area contributed by atoms with Gasteiger partial charge in [0.15, 0.2) is 12.1 Å². The predicted octanol–water partition coefficient (Wildman–Crippen LogP) is -1.94. The third kappa shape index (κ3) is 4.71. The lowest BCUT2D eigenvalue weighted by atomic mass is 9.49. The number of ether oxygens (including phenoxy) is 3. The number of carbonyl (C=O) groups excluding carboxylic acids is 3. The summed E-state index contributed by atoms with van der Waals surface area (Å²) < 4.78 is 17.5. The lowest BCUT2D eigenvalue weighted by Crippen LogP contribution is -2.69. The molecule has 0 spiro atoms. The van der Waals surface area contributed by atoms with Gasteiger partial charge in [-0.2, -0.15) is 0 Å². The lowest BCUT2D eigenvalue weighted by Gasteiger charge is -2.58. The Hall–Kier alpha value is -1.35. The van der Waals surface area contributed by atoms with E-state index in [1.165, 1.54) is 7.11 Å². The second-order valence-electron chi connectivity index (χ2n) is 12.3. The molecule has 220 valence electrons. The van der Waals surface area contributed by atoms with Crippen LogP contribution in [0.1, 0.15) is 45.4 Å². The number of methoxy groups -OCH3 is 1. The number of Topliss-reactive ketones (excluding diaryl/α,β-unsaturated/α-hetero) is 3. The number of nitrogens with two attached hydrogens (primary N) is 1. The normalized spacial score (nSPS) is 52.0. The van der Waals surface area contributed by atoms with Crippen LogP contribution in [0.15, 0.2) is 0 Å². The third-order valence-corrected chi connectivity index (χ3v) is 10.2. The molecule has 1 heterocycles. The Morgan fingerprint density at radius 3 is 2.36 bits per heavy atom. The molecular weight excluding hydrogens is 514 g/mol. The van der Waals surface area contributed by atoms with Gasteiger partial charge in [0.1, 0.15) is 23.8 Å². The van der Waals surface area contributed by atoms with Crippen LogP contribution >= 0.6 is 0 Å². The number of fused-ring (bicyclic) bond motifs is 3. The standard InChI is InChI=1S/C27H41NO11/c1-10-22(31)13(28)6-17(38-10)39-15-8-27(36,16(30)9-29)7-12-19(15)26(35)21-20(24(12)33)23(32)11-4-3-5-14(37-2)18(11)25(21)34/h10-15,17-22,24,26,29,31,33,35-36H,3-9,28H2,1-2H3/t10?,11?,12?,13?,14?,15-,17?,18?,19?,20?,21?,22?,24?,26?,27-/m0/s1. The van der Waals surface area contributed by atoms with E-state index in [0.29, 0.717) is 19.3 Å². The van der Waals surface area contributed by atoms with E-state index in [-0.39, 0.29) is 30.8 Å². The topological polar surface area (TPSA) is 206 Å². The SMILES string of the molecule is COC1CCCC2C(=O)C3C(O)C4C[C@@](O)(C(=O)CO)C[C@H](OC5CC(N)C(O)C(C)O5)C4C(O)C3C(=O)C12. The van der Waals surface area contributed by atoms with E-state index in [2.05, 4.69) is 0 Å². The first kappa shape index (κ1) is 29.2. The van der Waals surface area contributed by atoms with Crippen molar-refractivity contribution in [1.29, 1.82) is 0 Å². The maximum absolute atomic E-state index is 13.9. The highest BCUT2D eigenvalue weighted by molar-refractivity contribution is 6.01. The molecular formula is C27H41NO11. The number of hydrogen-bond donors (Lipinski definition) is 6. The third-order valence-electron chi connectivity index (χ3n) is 10.2. The Bertz CT molecular complexity index is 965. The fraction of sp³-hybridized carbons (Fsp3) is 0.889. The van der Waals surface area contributed by atoms with Gasteiger partial charge in [0.2, 0.25) is 0 Å². The van der Waals surface area contributed by atoms with Crippen molar-refractivity contribution < 1.29 is 54.1 Å². The zero-order valence-corrected chi connectivity index (χ0v) is 22.3. The number of carbonyl (C=O) groups is 3. The van der Waals surface area contributed by atoms with E-state index in [4.69, 9.17) is 19.9 Å². The molecule has 0 aromatic rings. The van der Waals surface area contributed by atoms with Crippen LogP contribution < -0.4 is 5.73 Å². The van der Waals surface area contributed by atoms with Gasteiger partial charge >= 0.3 is 0 Å². The van der Waals surface area contributed by atoms with Gasteiger partial charge in [0.05, 0.1) is 54.4 Å².